The minimum absolute atomic E-state index is 0.0407. The van der Waals surface area contributed by atoms with Gasteiger partial charge in [-0.2, -0.15) is 0 Å². The first-order valence-corrected chi connectivity index (χ1v) is 8.28. The van der Waals surface area contributed by atoms with E-state index in [9.17, 15) is 9.50 Å². The van der Waals surface area contributed by atoms with Crippen molar-refractivity contribution in [2.45, 2.75) is 58.5 Å². The van der Waals surface area contributed by atoms with Gasteiger partial charge in [0.05, 0.1) is 12.3 Å². The van der Waals surface area contributed by atoms with E-state index in [1.165, 1.54) is 17.7 Å². The predicted molar refractivity (Wildman–Crippen MR) is 91.0 cm³/mol. The molecule has 0 saturated heterocycles. The summed E-state index contributed by atoms with van der Waals surface area (Å²) in [4.78, 5) is 4.95. The molecule has 0 unspecified atom stereocenters. The summed E-state index contributed by atoms with van der Waals surface area (Å²) in [5.41, 5.74) is 6.28. The summed E-state index contributed by atoms with van der Waals surface area (Å²) in [5.74, 6) is -0.00698. The normalized spacial score (nSPS) is 16.0. The van der Waals surface area contributed by atoms with Gasteiger partial charge in [-0.15, -0.1) is 0 Å². The van der Waals surface area contributed by atoms with Crippen molar-refractivity contribution in [2.24, 2.45) is 0 Å². The van der Waals surface area contributed by atoms with E-state index in [-0.39, 0.29) is 23.8 Å². The Labute approximate surface area is 137 Å². The van der Waals surface area contributed by atoms with Crippen LogP contribution in [0.1, 0.15) is 62.5 Å². The van der Waals surface area contributed by atoms with Crippen molar-refractivity contribution in [1.82, 2.24) is 4.98 Å². The molecule has 0 amide bonds. The molecule has 122 valence electrons. The molecule has 1 aromatic heterocycles. The highest BCUT2D eigenvalue weighted by atomic mass is 19.1. The van der Waals surface area contributed by atoms with Crippen LogP contribution in [0.2, 0.25) is 0 Å². The predicted octanol–water partition coefficient (Wildman–Crippen LogP) is 4.73. The molecule has 1 aliphatic rings. The molecule has 1 N–H and O–H groups in total. The number of aromatic nitrogens is 1. The van der Waals surface area contributed by atoms with Crippen molar-refractivity contribution in [3.05, 3.63) is 52.6 Å². The Kier molecular flexibility index (Phi) is 4.01. The molecule has 0 aliphatic heterocycles. The zero-order valence-electron chi connectivity index (χ0n) is 14.3. The SMILES string of the molecule is CC(C)c1nc2c(c(-c3ccc(F)cc3)c1CO)CCC2(C)C. The van der Waals surface area contributed by atoms with Crippen LogP contribution in [0.4, 0.5) is 4.39 Å². The summed E-state index contributed by atoms with van der Waals surface area (Å²) in [6.07, 6.45) is 2.00. The molecule has 1 aliphatic carbocycles. The quantitative estimate of drug-likeness (QED) is 0.889. The van der Waals surface area contributed by atoms with E-state index >= 15 is 0 Å². The van der Waals surface area contributed by atoms with E-state index in [0.29, 0.717) is 0 Å². The van der Waals surface area contributed by atoms with Gasteiger partial charge in [-0.05, 0) is 47.6 Å². The first-order valence-electron chi connectivity index (χ1n) is 8.28. The number of hydrogen-bond acceptors (Lipinski definition) is 2. The minimum atomic E-state index is -0.241. The smallest absolute Gasteiger partial charge is 0.123 e. The Bertz CT molecular complexity index is 729. The van der Waals surface area contributed by atoms with E-state index in [2.05, 4.69) is 27.7 Å². The fourth-order valence-electron chi connectivity index (χ4n) is 3.65. The minimum Gasteiger partial charge on any atom is -0.392 e. The van der Waals surface area contributed by atoms with Crippen LogP contribution in [0.5, 0.6) is 0 Å². The molecule has 0 fully saturated rings. The van der Waals surface area contributed by atoms with Crippen molar-refractivity contribution in [3.8, 4) is 11.1 Å². The Morgan fingerprint density at radius 1 is 1.22 bits per heavy atom. The summed E-state index contributed by atoms with van der Waals surface area (Å²) in [7, 11) is 0. The molecule has 2 nitrogen and oxygen atoms in total. The lowest BCUT2D eigenvalue weighted by Gasteiger charge is -2.23. The number of fused-ring (bicyclic) bond motifs is 1. The summed E-state index contributed by atoms with van der Waals surface area (Å²) in [5, 5.41) is 10.0. The van der Waals surface area contributed by atoms with Crippen LogP contribution < -0.4 is 0 Å². The Morgan fingerprint density at radius 2 is 1.87 bits per heavy atom. The Hall–Kier alpha value is -1.74. The third-order valence-electron chi connectivity index (χ3n) is 4.91. The van der Waals surface area contributed by atoms with Crippen molar-refractivity contribution < 1.29 is 9.50 Å². The summed E-state index contributed by atoms with van der Waals surface area (Å²) < 4.78 is 13.3. The van der Waals surface area contributed by atoms with Crippen LogP contribution >= 0.6 is 0 Å². The van der Waals surface area contributed by atoms with Crippen LogP contribution in [0.25, 0.3) is 11.1 Å². The lowest BCUT2D eigenvalue weighted by molar-refractivity contribution is 0.279. The zero-order valence-corrected chi connectivity index (χ0v) is 14.3. The third-order valence-corrected chi connectivity index (χ3v) is 4.91. The number of aliphatic hydroxyl groups is 1. The van der Waals surface area contributed by atoms with Crippen LogP contribution in [0, 0.1) is 5.82 Å². The molecule has 23 heavy (non-hydrogen) atoms. The number of pyridine rings is 1. The monoisotopic (exact) mass is 313 g/mol. The lowest BCUT2D eigenvalue weighted by atomic mass is 9.86. The first kappa shape index (κ1) is 16.1. The van der Waals surface area contributed by atoms with E-state index in [4.69, 9.17) is 4.98 Å². The maximum Gasteiger partial charge on any atom is 0.123 e. The maximum atomic E-state index is 13.3. The van der Waals surface area contributed by atoms with Gasteiger partial charge in [-0.25, -0.2) is 4.39 Å². The summed E-state index contributed by atoms with van der Waals surface area (Å²) in [6, 6.07) is 6.58. The van der Waals surface area contributed by atoms with Crippen LogP contribution in [0.15, 0.2) is 24.3 Å². The largest absolute Gasteiger partial charge is 0.392 e. The van der Waals surface area contributed by atoms with Crippen molar-refractivity contribution >= 4 is 0 Å². The van der Waals surface area contributed by atoms with Gasteiger partial charge in [0.25, 0.3) is 0 Å². The second-order valence-corrected chi connectivity index (χ2v) is 7.38. The molecule has 0 radical (unpaired) electrons. The highest BCUT2D eigenvalue weighted by Gasteiger charge is 2.35. The molecule has 1 heterocycles. The Morgan fingerprint density at radius 3 is 2.43 bits per heavy atom. The first-order chi connectivity index (χ1) is 10.8. The Balaban J connectivity index is 2.34. The third kappa shape index (κ3) is 2.67. The number of nitrogens with zero attached hydrogens (tertiary/aromatic N) is 1. The molecule has 3 rings (SSSR count). The highest BCUT2D eigenvalue weighted by Crippen LogP contribution is 2.44. The second-order valence-electron chi connectivity index (χ2n) is 7.38. The van der Waals surface area contributed by atoms with Crippen LogP contribution in [-0.4, -0.2) is 10.1 Å². The number of hydrogen-bond donors (Lipinski definition) is 1. The maximum absolute atomic E-state index is 13.3. The molecule has 0 spiro atoms. The van der Waals surface area contributed by atoms with Gasteiger partial charge in [0, 0.05) is 16.7 Å². The van der Waals surface area contributed by atoms with Gasteiger partial charge < -0.3 is 5.11 Å². The number of halogens is 1. The van der Waals surface area contributed by atoms with Gasteiger partial charge in [0.2, 0.25) is 0 Å². The zero-order chi connectivity index (χ0) is 16.8. The molecule has 0 bridgehead atoms. The number of aliphatic hydroxyl groups excluding tert-OH is 1. The molecular formula is C20H24FNO. The summed E-state index contributed by atoms with van der Waals surface area (Å²) >= 11 is 0. The van der Waals surface area contributed by atoms with Crippen LogP contribution in [-0.2, 0) is 18.4 Å². The van der Waals surface area contributed by atoms with Gasteiger partial charge in [0.1, 0.15) is 5.82 Å². The number of rotatable bonds is 3. The molecule has 0 atom stereocenters. The molecule has 0 saturated carbocycles. The van der Waals surface area contributed by atoms with Crippen molar-refractivity contribution in [3.63, 3.8) is 0 Å². The van der Waals surface area contributed by atoms with E-state index in [0.717, 1.165) is 40.9 Å². The van der Waals surface area contributed by atoms with Gasteiger partial charge in [-0.1, -0.05) is 39.8 Å². The fraction of sp³-hybridized carbons (Fsp3) is 0.450. The van der Waals surface area contributed by atoms with Gasteiger partial charge in [-0.3, -0.25) is 4.98 Å². The highest BCUT2D eigenvalue weighted by molar-refractivity contribution is 5.74. The van der Waals surface area contributed by atoms with Gasteiger partial charge in [0.15, 0.2) is 0 Å². The fourth-order valence-corrected chi connectivity index (χ4v) is 3.65. The van der Waals surface area contributed by atoms with Crippen molar-refractivity contribution in [2.75, 3.05) is 0 Å². The molecular weight excluding hydrogens is 289 g/mol. The number of benzene rings is 1. The molecule has 3 heteroatoms. The van der Waals surface area contributed by atoms with E-state index in [1.54, 1.807) is 12.1 Å². The summed E-state index contributed by atoms with van der Waals surface area (Å²) in [6.45, 7) is 8.61. The average Bonchev–Trinajstić information content (AvgIpc) is 2.81. The van der Waals surface area contributed by atoms with E-state index < -0.39 is 0 Å². The molecule has 1 aromatic carbocycles. The standard InChI is InChI=1S/C20H24FNO/c1-12(2)18-16(11-23)17(13-5-7-14(21)8-6-13)15-9-10-20(3,4)19(15)22-18/h5-8,12,23H,9-11H2,1-4H3. The van der Waals surface area contributed by atoms with Gasteiger partial charge >= 0.3 is 0 Å². The van der Waals surface area contributed by atoms with E-state index in [1.807, 2.05) is 0 Å². The lowest BCUT2D eigenvalue weighted by Crippen LogP contribution is -2.17. The second kappa shape index (κ2) is 5.72. The molecule has 2 aromatic rings. The van der Waals surface area contributed by atoms with Crippen LogP contribution in [0.3, 0.4) is 0 Å². The topological polar surface area (TPSA) is 33.1 Å². The average molecular weight is 313 g/mol. The van der Waals surface area contributed by atoms with Crippen molar-refractivity contribution in [1.29, 1.82) is 0 Å².